The van der Waals surface area contributed by atoms with Gasteiger partial charge in [0.1, 0.15) is 0 Å². The van der Waals surface area contributed by atoms with Gasteiger partial charge in [-0.25, -0.2) is 0 Å². The first-order valence-corrected chi connectivity index (χ1v) is 17.3. The second-order valence-electron chi connectivity index (χ2n) is 12.3. The normalized spacial score (nSPS) is 13.5. The minimum atomic E-state index is -3.06. The van der Waals surface area contributed by atoms with E-state index in [1.807, 2.05) is 30.3 Å². The number of aromatic amines is 2. The Morgan fingerprint density at radius 1 is 0.370 bits per heavy atom. The molecule has 2 aromatic heterocycles. The third kappa shape index (κ3) is 3.58. The molecule has 0 amide bonds. The van der Waals surface area contributed by atoms with Crippen LogP contribution in [0.3, 0.4) is 0 Å². The highest BCUT2D eigenvalue weighted by atomic mass is 31.2. The molecule has 1 aliphatic rings. The molecule has 1 aliphatic heterocycles. The lowest BCUT2D eigenvalue weighted by Crippen LogP contribution is -2.20. The molecule has 0 radical (unpaired) electrons. The van der Waals surface area contributed by atoms with Gasteiger partial charge in [-0.1, -0.05) is 91.0 Å². The second-order valence-corrected chi connectivity index (χ2v) is 15.0. The lowest BCUT2D eigenvalue weighted by atomic mass is 9.95. The summed E-state index contributed by atoms with van der Waals surface area (Å²) < 4.78 is 15.3. The molecule has 0 atom stereocenters. The van der Waals surface area contributed by atoms with Crippen LogP contribution in [0.4, 0.5) is 0 Å². The van der Waals surface area contributed by atoms with E-state index in [9.17, 15) is 0 Å². The van der Waals surface area contributed by atoms with Crippen LogP contribution in [0, 0.1) is 0 Å². The maximum atomic E-state index is 15.3. The van der Waals surface area contributed by atoms with Gasteiger partial charge in [0.05, 0.1) is 0 Å². The van der Waals surface area contributed by atoms with Crippen LogP contribution in [-0.2, 0) is 4.57 Å². The molecule has 0 saturated heterocycles. The fourth-order valence-electron chi connectivity index (χ4n) is 7.51. The van der Waals surface area contributed by atoms with Crippen molar-refractivity contribution in [2.24, 2.45) is 0 Å². The topological polar surface area (TPSA) is 48.6 Å². The minimum Gasteiger partial charge on any atom is -0.355 e. The van der Waals surface area contributed by atoms with Gasteiger partial charge in [-0.05, 0) is 94.0 Å². The van der Waals surface area contributed by atoms with Crippen molar-refractivity contribution >= 4 is 66.7 Å². The van der Waals surface area contributed by atoms with E-state index < -0.39 is 7.14 Å². The van der Waals surface area contributed by atoms with E-state index in [0.717, 1.165) is 71.4 Å². The maximum Gasteiger partial charge on any atom is 0.172 e. The van der Waals surface area contributed by atoms with E-state index in [4.69, 9.17) is 0 Å². The van der Waals surface area contributed by atoms with Gasteiger partial charge in [0.2, 0.25) is 0 Å². The smallest absolute Gasteiger partial charge is 0.172 e. The van der Waals surface area contributed by atoms with E-state index in [-0.39, 0.29) is 0 Å². The molecule has 3 heterocycles. The van der Waals surface area contributed by atoms with E-state index in [2.05, 4.69) is 131 Å². The number of fused-ring (bicyclic) bond motifs is 9. The zero-order chi connectivity index (χ0) is 30.4. The van der Waals surface area contributed by atoms with Crippen molar-refractivity contribution < 1.29 is 4.57 Å². The Hall–Kier alpha value is -5.63. The number of hydrogen-bond donors (Lipinski definition) is 2. The highest BCUT2D eigenvalue weighted by Gasteiger charge is 2.40. The molecule has 0 spiro atoms. The number of aromatic nitrogens is 2. The maximum absolute atomic E-state index is 15.3. The third-order valence-electron chi connectivity index (χ3n) is 9.76. The van der Waals surface area contributed by atoms with Gasteiger partial charge >= 0.3 is 0 Å². The van der Waals surface area contributed by atoms with Crippen LogP contribution in [0.15, 0.2) is 152 Å². The predicted octanol–water partition coefficient (Wildman–Crippen LogP) is 9.91. The summed E-state index contributed by atoms with van der Waals surface area (Å²) in [4.78, 5) is 7.08. The van der Waals surface area contributed by atoms with E-state index in [1.54, 1.807) is 0 Å². The summed E-state index contributed by atoms with van der Waals surface area (Å²) in [5.74, 6) is 0. The quantitative estimate of drug-likeness (QED) is 0.193. The van der Waals surface area contributed by atoms with Gasteiger partial charge in [-0.2, -0.15) is 0 Å². The average molecular weight is 607 g/mol. The summed E-state index contributed by atoms with van der Waals surface area (Å²) in [5.41, 5.74) is 11.1. The van der Waals surface area contributed by atoms with Crippen LogP contribution < -0.4 is 15.9 Å². The van der Waals surface area contributed by atoms with Crippen molar-refractivity contribution in [1.82, 2.24) is 9.97 Å². The van der Waals surface area contributed by atoms with E-state index in [1.165, 1.54) is 21.5 Å². The average Bonchev–Trinajstić information content (AvgIpc) is 3.76. The van der Waals surface area contributed by atoms with Crippen LogP contribution in [0.2, 0.25) is 0 Å². The summed E-state index contributed by atoms with van der Waals surface area (Å²) in [6, 6.07) is 53.1. The van der Waals surface area contributed by atoms with Crippen LogP contribution in [0.25, 0.3) is 77.0 Å². The molecule has 0 bridgehead atoms. The summed E-state index contributed by atoms with van der Waals surface area (Å²) in [6.45, 7) is 0. The molecule has 4 heteroatoms. The predicted molar refractivity (Wildman–Crippen MR) is 194 cm³/mol. The Morgan fingerprint density at radius 3 is 1.30 bits per heavy atom. The summed E-state index contributed by atoms with van der Waals surface area (Å²) >= 11 is 0. The van der Waals surface area contributed by atoms with Crippen molar-refractivity contribution in [2.45, 2.75) is 0 Å². The number of H-pyrrole nitrogens is 2. The zero-order valence-corrected chi connectivity index (χ0v) is 25.7. The van der Waals surface area contributed by atoms with E-state index in [0.29, 0.717) is 0 Å². The third-order valence-corrected chi connectivity index (χ3v) is 12.9. The van der Waals surface area contributed by atoms with Crippen molar-refractivity contribution in [3.63, 3.8) is 0 Å². The number of benzene rings is 7. The molecular weight excluding hydrogens is 579 g/mol. The molecule has 9 aromatic rings. The monoisotopic (exact) mass is 606 g/mol. The van der Waals surface area contributed by atoms with Crippen molar-refractivity contribution in [3.8, 4) is 33.4 Å². The van der Waals surface area contributed by atoms with Crippen LogP contribution in [0.1, 0.15) is 0 Å². The van der Waals surface area contributed by atoms with Crippen molar-refractivity contribution in [2.75, 3.05) is 0 Å². The first-order valence-electron chi connectivity index (χ1n) is 15.6. The molecule has 7 aromatic carbocycles. The number of nitrogens with one attached hydrogen (secondary N) is 2. The Labute approximate surface area is 265 Å². The Bertz CT molecular complexity index is 2570. The lowest BCUT2D eigenvalue weighted by molar-refractivity contribution is 0.593. The fraction of sp³-hybridized carbons (Fsp3) is 0. The molecule has 0 fully saturated rings. The molecule has 2 N–H and O–H groups in total. The van der Waals surface area contributed by atoms with Crippen LogP contribution in [-0.4, -0.2) is 9.97 Å². The summed E-state index contributed by atoms with van der Waals surface area (Å²) in [7, 11) is -3.06. The van der Waals surface area contributed by atoms with Crippen molar-refractivity contribution in [3.05, 3.63) is 152 Å². The standard InChI is InChI=1S/C42H27N2OP/c45-46(30-8-2-1-3-9-30)41-20-16-28(26-14-18-39-33(22-26)31-10-4-6-12-37(31)43-39)24-35(41)36-25-29(17-21-42(36)46)27-15-19-40-34(23-27)32-11-5-7-13-38(32)44-40/h1-25,43-44H. The van der Waals surface area contributed by atoms with Crippen molar-refractivity contribution in [1.29, 1.82) is 0 Å². The Morgan fingerprint density at radius 2 is 0.783 bits per heavy atom. The summed E-state index contributed by atoms with van der Waals surface area (Å²) in [6.07, 6.45) is 0. The first kappa shape index (κ1) is 25.7. The van der Waals surface area contributed by atoms with Gasteiger partial charge < -0.3 is 14.5 Å². The first-order chi connectivity index (χ1) is 22.6. The molecule has 216 valence electrons. The lowest BCUT2D eigenvalue weighted by Gasteiger charge is -2.16. The second kappa shape index (κ2) is 9.44. The van der Waals surface area contributed by atoms with Gasteiger partial charge in [0.15, 0.2) is 7.14 Å². The SMILES string of the molecule is O=P1(c2ccccc2)c2ccc(-c3ccc4[nH]c5ccccc5c4c3)cc2-c2cc(-c3ccc4[nH]c5ccccc5c4c3)ccc21. The highest BCUT2D eigenvalue weighted by molar-refractivity contribution is 7.86. The van der Waals surface area contributed by atoms with Crippen LogP contribution >= 0.6 is 7.14 Å². The van der Waals surface area contributed by atoms with Crippen LogP contribution in [0.5, 0.6) is 0 Å². The molecule has 3 nitrogen and oxygen atoms in total. The molecule has 0 unspecified atom stereocenters. The molecular formula is C42H27N2OP. The van der Waals surface area contributed by atoms with Gasteiger partial charge in [-0.3, -0.25) is 0 Å². The molecule has 0 aliphatic carbocycles. The number of para-hydroxylation sites is 2. The number of rotatable bonds is 3. The Kier molecular flexibility index (Phi) is 5.27. The highest BCUT2D eigenvalue weighted by Crippen LogP contribution is 2.53. The van der Waals surface area contributed by atoms with Gasteiger partial charge in [0, 0.05) is 59.5 Å². The van der Waals surface area contributed by atoms with Gasteiger partial charge in [0.25, 0.3) is 0 Å². The minimum absolute atomic E-state index is 0.871. The summed E-state index contributed by atoms with van der Waals surface area (Å²) in [5, 5.41) is 7.55. The van der Waals surface area contributed by atoms with Gasteiger partial charge in [-0.15, -0.1) is 0 Å². The Balaban J connectivity index is 1.17. The molecule has 0 saturated carbocycles. The van der Waals surface area contributed by atoms with E-state index >= 15 is 4.57 Å². The fourth-order valence-corrected chi connectivity index (χ4v) is 10.5. The molecule has 46 heavy (non-hydrogen) atoms. The number of hydrogen-bond acceptors (Lipinski definition) is 1. The molecule has 10 rings (SSSR count). The largest absolute Gasteiger partial charge is 0.355 e. The zero-order valence-electron chi connectivity index (χ0n) is 24.8.